The molecule has 0 aliphatic rings. The molecule has 0 saturated carbocycles. The Morgan fingerprint density at radius 3 is 2.00 bits per heavy atom. The van der Waals surface area contributed by atoms with Crippen molar-refractivity contribution in [3.05, 3.63) is 29.8 Å². The highest BCUT2D eigenvalue weighted by Gasteiger charge is 2.29. The molecule has 0 amide bonds. The molecule has 72 valence electrons. The van der Waals surface area contributed by atoms with Crippen molar-refractivity contribution in [3.63, 3.8) is 0 Å². The molecular weight excluding hydrogens is 204 g/mol. The number of alkyl halides is 4. The summed E-state index contributed by atoms with van der Waals surface area (Å²) in [7, 11) is 0. The summed E-state index contributed by atoms with van der Waals surface area (Å²) in [6.45, 7) is 0. The second kappa shape index (κ2) is 4.00. The van der Waals surface area contributed by atoms with Crippen LogP contribution in [0, 0.1) is 0 Å². The first-order valence-electron chi connectivity index (χ1n) is 3.40. The lowest BCUT2D eigenvalue weighted by Crippen LogP contribution is -2.03. The lowest BCUT2D eigenvalue weighted by molar-refractivity contribution is -0.137. The van der Waals surface area contributed by atoms with E-state index in [9.17, 15) is 17.6 Å². The molecule has 0 radical (unpaired) electrons. The Morgan fingerprint density at radius 2 is 1.62 bits per heavy atom. The largest absolute Gasteiger partial charge is 0.416 e. The summed E-state index contributed by atoms with van der Waals surface area (Å²) in [4.78, 5) is 0.496. The van der Waals surface area contributed by atoms with Gasteiger partial charge in [0.05, 0.1) is 5.56 Å². The summed E-state index contributed by atoms with van der Waals surface area (Å²) >= 11 is 0.861. The first-order valence-corrected chi connectivity index (χ1v) is 4.38. The van der Waals surface area contributed by atoms with E-state index in [2.05, 4.69) is 0 Å². The molecule has 0 atom stereocenters. The third-order valence-electron chi connectivity index (χ3n) is 1.40. The smallest absolute Gasteiger partial charge is 0.239 e. The number of thioether (sulfide) groups is 1. The predicted molar refractivity (Wildman–Crippen MR) is 43.3 cm³/mol. The minimum Gasteiger partial charge on any atom is -0.239 e. The molecule has 0 spiro atoms. The van der Waals surface area contributed by atoms with Crippen LogP contribution < -0.4 is 0 Å². The van der Waals surface area contributed by atoms with Crippen LogP contribution in [0.15, 0.2) is 29.2 Å². The fourth-order valence-electron chi connectivity index (χ4n) is 0.803. The Kier molecular flexibility index (Phi) is 3.19. The van der Waals surface area contributed by atoms with E-state index < -0.39 is 17.7 Å². The molecule has 0 unspecified atom stereocenters. The van der Waals surface area contributed by atoms with E-state index in [-0.39, 0.29) is 0 Å². The average molecular weight is 210 g/mol. The average Bonchev–Trinajstić information content (AvgIpc) is 2.04. The van der Waals surface area contributed by atoms with Crippen LogP contribution in [0.2, 0.25) is 0 Å². The van der Waals surface area contributed by atoms with Crippen molar-refractivity contribution < 1.29 is 17.6 Å². The number of rotatable bonds is 2. The van der Waals surface area contributed by atoms with Crippen molar-refractivity contribution in [2.75, 3.05) is 6.01 Å². The highest BCUT2D eigenvalue weighted by molar-refractivity contribution is 7.99. The van der Waals surface area contributed by atoms with E-state index in [0.717, 1.165) is 23.9 Å². The first kappa shape index (κ1) is 10.4. The van der Waals surface area contributed by atoms with Crippen LogP contribution in [0.1, 0.15) is 5.56 Å². The molecule has 0 aliphatic heterocycles. The Bertz CT molecular complexity index is 264. The first-order chi connectivity index (χ1) is 6.04. The Labute approximate surface area is 76.9 Å². The van der Waals surface area contributed by atoms with Gasteiger partial charge in [-0.3, -0.25) is 0 Å². The van der Waals surface area contributed by atoms with Gasteiger partial charge < -0.3 is 0 Å². The van der Waals surface area contributed by atoms with Crippen LogP contribution >= 0.6 is 11.8 Å². The molecule has 1 rings (SSSR count). The highest BCUT2D eigenvalue weighted by Crippen LogP contribution is 2.30. The molecule has 0 heterocycles. The Hall–Kier alpha value is -0.710. The van der Waals surface area contributed by atoms with E-state index in [1.165, 1.54) is 12.1 Å². The molecule has 0 aliphatic carbocycles. The van der Waals surface area contributed by atoms with Crippen molar-refractivity contribution in [2.24, 2.45) is 0 Å². The molecule has 0 bridgehead atoms. The van der Waals surface area contributed by atoms with Gasteiger partial charge in [-0.25, -0.2) is 4.39 Å². The zero-order valence-electron chi connectivity index (χ0n) is 6.44. The van der Waals surface area contributed by atoms with Gasteiger partial charge in [-0.15, -0.1) is 0 Å². The van der Waals surface area contributed by atoms with Crippen molar-refractivity contribution in [2.45, 2.75) is 11.1 Å². The van der Waals surface area contributed by atoms with Gasteiger partial charge >= 0.3 is 6.18 Å². The Morgan fingerprint density at radius 1 is 1.08 bits per heavy atom. The molecule has 0 saturated heterocycles. The highest BCUT2D eigenvalue weighted by atomic mass is 32.2. The van der Waals surface area contributed by atoms with E-state index in [0.29, 0.717) is 4.90 Å². The lowest BCUT2D eigenvalue weighted by atomic mass is 10.2. The second-order valence-electron chi connectivity index (χ2n) is 2.28. The van der Waals surface area contributed by atoms with Crippen LogP contribution in [-0.4, -0.2) is 6.01 Å². The van der Waals surface area contributed by atoms with E-state index >= 15 is 0 Å². The van der Waals surface area contributed by atoms with Gasteiger partial charge in [0.15, 0.2) is 0 Å². The lowest BCUT2D eigenvalue weighted by Gasteiger charge is -2.06. The maximum Gasteiger partial charge on any atom is 0.416 e. The third-order valence-corrected chi connectivity index (χ3v) is 2.12. The quantitative estimate of drug-likeness (QED) is 0.529. The summed E-state index contributed by atoms with van der Waals surface area (Å²) in [5.41, 5.74) is -0.712. The second-order valence-corrected chi connectivity index (χ2v) is 3.25. The van der Waals surface area contributed by atoms with Gasteiger partial charge in [0.25, 0.3) is 0 Å². The summed E-state index contributed by atoms with van der Waals surface area (Å²) < 4.78 is 47.8. The van der Waals surface area contributed by atoms with E-state index in [4.69, 9.17) is 0 Å². The number of hydrogen-bond acceptors (Lipinski definition) is 1. The monoisotopic (exact) mass is 210 g/mol. The molecule has 0 N–H and O–H groups in total. The molecule has 0 nitrogen and oxygen atoms in total. The normalized spacial score (nSPS) is 11.7. The maximum absolute atomic E-state index is 12.0. The van der Waals surface area contributed by atoms with Gasteiger partial charge in [0, 0.05) is 4.90 Å². The molecule has 0 fully saturated rings. The van der Waals surface area contributed by atoms with Crippen LogP contribution in [0.3, 0.4) is 0 Å². The summed E-state index contributed by atoms with van der Waals surface area (Å²) in [5.74, 6) is 0. The van der Waals surface area contributed by atoms with Gasteiger partial charge in [-0.1, -0.05) is 11.8 Å². The van der Waals surface area contributed by atoms with Gasteiger partial charge in [-0.05, 0) is 24.3 Å². The third kappa shape index (κ3) is 2.91. The van der Waals surface area contributed by atoms with Crippen LogP contribution in [-0.2, 0) is 6.18 Å². The fourth-order valence-corrected chi connectivity index (χ4v) is 1.26. The van der Waals surface area contributed by atoms with Crippen LogP contribution in [0.4, 0.5) is 17.6 Å². The molecular formula is C8H6F4S. The molecule has 13 heavy (non-hydrogen) atoms. The maximum atomic E-state index is 12.0. The van der Waals surface area contributed by atoms with Crippen molar-refractivity contribution in [1.82, 2.24) is 0 Å². The summed E-state index contributed by atoms with van der Waals surface area (Å²) in [5, 5.41) is 0. The Balaban J connectivity index is 2.81. The van der Waals surface area contributed by atoms with Crippen molar-refractivity contribution >= 4 is 11.8 Å². The number of halogens is 4. The summed E-state index contributed by atoms with van der Waals surface area (Å²) in [6, 6.07) is 3.77. The molecule has 0 aromatic heterocycles. The SMILES string of the molecule is FCSc1ccc(C(F)(F)F)cc1. The van der Waals surface area contributed by atoms with Crippen molar-refractivity contribution in [3.8, 4) is 0 Å². The number of hydrogen-bond donors (Lipinski definition) is 0. The van der Waals surface area contributed by atoms with Crippen molar-refractivity contribution in [1.29, 1.82) is 0 Å². The zero-order chi connectivity index (χ0) is 9.90. The fraction of sp³-hybridized carbons (Fsp3) is 0.250. The predicted octanol–water partition coefficient (Wildman–Crippen LogP) is 3.72. The molecule has 1 aromatic carbocycles. The minimum absolute atomic E-state index is 0.496. The molecule has 5 heteroatoms. The number of benzene rings is 1. The summed E-state index contributed by atoms with van der Waals surface area (Å²) in [6.07, 6.45) is -4.32. The molecule has 1 aromatic rings. The zero-order valence-corrected chi connectivity index (χ0v) is 7.25. The van der Waals surface area contributed by atoms with Gasteiger partial charge in [0.2, 0.25) is 0 Å². The van der Waals surface area contributed by atoms with Crippen LogP contribution in [0.5, 0.6) is 0 Å². The van der Waals surface area contributed by atoms with Gasteiger partial charge in [-0.2, -0.15) is 13.2 Å². The van der Waals surface area contributed by atoms with E-state index in [1.54, 1.807) is 0 Å². The minimum atomic E-state index is -4.32. The van der Waals surface area contributed by atoms with Crippen LogP contribution in [0.25, 0.3) is 0 Å². The van der Waals surface area contributed by atoms with E-state index in [1.807, 2.05) is 0 Å². The topological polar surface area (TPSA) is 0 Å². The standard InChI is InChI=1S/C8H6F4S/c9-5-13-7-3-1-6(2-4-7)8(10,11)12/h1-4H,5H2. The van der Waals surface area contributed by atoms with Gasteiger partial charge in [0.1, 0.15) is 6.01 Å².